The van der Waals surface area contributed by atoms with Crippen LogP contribution in [0.2, 0.25) is 0 Å². The van der Waals surface area contributed by atoms with E-state index in [1.165, 1.54) is 7.11 Å². The summed E-state index contributed by atoms with van der Waals surface area (Å²) >= 11 is 0. The van der Waals surface area contributed by atoms with E-state index in [4.69, 9.17) is 4.74 Å². The molecule has 0 aliphatic carbocycles. The monoisotopic (exact) mass is 342 g/mol. The lowest BCUT2D eigenvalue weighted by atomic mass is 10.0. The van der Waals surface area contributed by atoms with Crippen molar-refractivity contribution in [2.24, 2.45) is 0 Å². The van der Waals surface area contributed by atoms with Crippen molar-refractivity contribution in [3.63, 3.8) is 0 Å². The molecule has 2 aliphatic rings. The predicted octanol–water partition coefficient (Wildman–Crippen LogP) is 1.83. The summed E-state index contributed by atoms with van der Waals surface area (Å²) in [5, 5.41) is 0. The molecule has 7 heteroatoms. The van der Waals surface area contributed by atoms with Gasteiger partial charge < -0.3 is 4.74 Å². The van der Waals surface area contributed by atoms with Crippen molar-refractivity contribution in [3.05, 3.63) is 29.6 Å². The van der Waals surface area contributed by atoms with Crippen LogP contribution in [0.15, 0.2) is 18.2 Å². The van der Waals surface area contributed by atoms with Crippen molar-refractivity contribution in [2.45, 2.75) is 31.8 Å². The molecule has 0 amide bonds. The van der Waals surface area contributed by atoms with Gasteiger partial charge in [0, 0.05) is 31.2 Å². The Labute approximate surface area is 137 Å². The highest BCUT2D eigenvalue weighted by Crippen LogP contribution is 2.26. The van der Waals surface area contributed by atoms with E-state index in [2.05, 4.69) is 4.90 Å². The van der Waals surface area contributed by atoms with Gasteiger partial charge in [-0.3, -0.25) is 4.90 Å². The van der Waals surface area contributed by atoms with Crippen LogP contribution in [-0.4, -0.2) is 56.2 Å². The first-order chi connectivity index (χ1) is 11.0. The van der Waals surface area contributed by atoms with Crippen LogP contribution in [0, 0.1) is 5.82 Å². The molecular weight excluding hydrogens is 319 g/mol. The molecule has 0 bridgehead atoms. The zero-order chi connectivity index (χ0) is 16.4. The minimum atomic E-state index is -3.09. The molecule has 0 saturated carbocycles. The summed E-state index contributed by atoms with van der Waals surface area (Å²) in [5.74, 6) is 0.178. The zero-order valence-corrected chi connectivity index (χ0v) is 14.2. The van der Waals surface area contributed by atoms with Crippen molar-refractivity contribution in [3.8, 4) is 5.75 Å². The molecule has 0 N–H and O–H groups in total. The van der Waals surface area contributed by atoms with Gasteiger partial charge in [-0.1, -0.05) is 12.1 Å². The summed E-state index contributed by atoms with van der Waals surface area (Å²) in [5.41, 5.74) is 0.592. The van der Waals surface area contributed by atoms with Crippen LogP contribution in [0.3, 0.4) is 0 Å². The van der Waals surface area contributed by atoms with Crippen molar-refractivity contribution < 1.29 is 17.5 Å². The van der Waals surface area contributed by atoms with Gasteiger partial charge in [0.15, 0.2) is 11.6 Å². The topological polar surface area (TPSA) is 49.9 Å². The van der Waals surface area contributed by atoms with Gasteiger partial charge in [0.1, 0.15) is 0 Å². The number of benzene rings is 1. The largest absolute Gasteiger partial charge is 0.494 e. The first-order valence-electron chi connectivity index (χ1n) is 8.04. The molecule has 2 fully saturated rings. The normalized spacial score (nSPS) is 25.6. The highest BCUT2D eigenvalue weighted by Gasteiger charge is 2.36. The highest BCUT2D eigenvalue weighted by molar-refractivity contribution is 7.89. The Balaban J connectivity index is 1.70. The second-order valence-electron chi connectivity index (χ2n) is 6.24. The lowest BCUT2D eigenvalue weighted by Gasteiger charge is -2.36. The molecule has 2 saturated heterocycles. The van der Waals surface area contributed by atoms with Gasteiger partial charge in [0.2, 0.25) is 10.0 Å². The SMILES string of the molecule is COc1cccc(CN2CCC[C@H](N3CCCS3(=O)=O)C2)c1F. The fourth-order valence-corrected chi connectivity index (χ4v) is 5.32. The third-order valence-corrected chi connectivity index (χ3v) is 6.68. The van der Waals surface area contributed by atoms with Gasteiger partial charge in [0.05, 0.1) is 12.9 Å². The molecule has 0 aromatic heterocycles. The van der Waals surface area contributed by atoms with Crippen LogP contribution < -0.4 is 4.74 Å². The molecule has 5 nitrogen and oxygen atoms in total. The molecule has 1 aromatic rings. The van der Waals surface area contributed by atoms with E-state index < -0.39 is 10.0 Å². The number of rotatable bonds is 4. The molecule has 2 aliphatic heterocycles. The fraction of sp³-hybridized carbons (Fsp3) is 0.625. The van der Waals surface area contributed by atoms with E-state index in [1.54, 1.807) is 22.5 Å². The molecule has 2 heterocycles. The minimum Gasteiger partial charge on any atom is -0.494 e. The number of halogens is 1. The van der Waals surface area contributed by atoms with Crippen LogP contribution in [0.25, 0.3) is 0 Å². The number of piperidine rings is 1. The van der Waals surface area contributed by atoms with Crippen LogP contribution >= 0.6 is 0 Å². The van der Waals surface area contributed by atoms with Gasteiger partial charge in [-0.2, -0.15) is 4.31 Å². The summed E-state index contributed by atoms with van der Waals surface area (Å²) in [6, 6.07) is 5.16. The third-order valence-electron chi connectivity index (χ3n) is 4.68. The van der Waals surface area contributed by atoms with Crippen LogP contribution in [0.5, 0.6) is 5.75 Å². The second kappa shape index (κ2) is 6.75. The van der Waals surface area contributed by atoms with Crippen LogP contribution in [-0.2, 0) is 16.6 Å². The van der Waals surface area contributed by atoms with Gasteiger partial charge in [-0.05, 0) is 31.9 Å². The van der Waals surface area contributed by atoms with Crippen molar-refractivity contribution >= 4 is 10.0 Å². The molecule has 0 spiro atoms. The van der Waals surface area contributed by atoms with E-state index in [1.807, 2.05) is 0 Å². The molecule has 0 unspecified atom stereocenters. The summed E-state index contributed by atoms with van der Waals surface area (Å²) in [6.07, 6.45) is 2.53. The Morgan fingerprint density at radius 2 is 2.13 bits per heavy atom. The average molecular weight is 342 g/mol. The standard InChI is InChI=1S/C16H23FN2O3S/c1-22-15-7-2-5-13(16(15)17)11-18-8-3-6-14(12-18)19-9-4-10-23(19,20)21/h2,5,7,14H,3-4,6,8-12H2,1H3/t14-/m0/s1. The average Bonchev–Trinajstić information content (AvgIpc) is 2.89. The Morgan fingerprint density at radius 1 is 1.30 bits per heavy atom. The number of methoxy groups -OCH3 is 1. The molecule has 3 rings (SSSR count). The second-order valence-corrected chi connectivity index (χ2v) is 8.29. The van der Waals surface area contributed by atoms with Crippen molar-refractivity contribution in [2.75, 3.05) is 32.5 Å². The van der Waals surface area contributed by atoms with Crippen molar-refractivity contribution in [1.29, 1.82) is 0 Å². The lowest BCUT2D eigenvalue weighted by Crippen LogP contribution is -2.48. The molecule has 128 valence electrons. The Morgan fingerprint density at radius 3 is 2.83 bits per heavy atom. The first-order valence-corrected chi connectivity index (χ1v) is 9.65. The van der Waals surface area contributed by atoms with E-state index in [0.717, 1.165) is 19.4 Å². The van der Waals surface area contributed by atoms with E-state index in [9.17, 15) is 12.8 Å². The Bertz CT molecular complexity index is 665. The number of hydrogen-bond donors (Lipinski definition) is 0. The lowest BCUT2D eigenvalue weighted by molar-refractivity contribution is 0.145. The molecule has 1 aromatic carbocycles. The zero-order valence-electron chi connectivity index (χ0n) is 13.4. The van der Waals surface area contributed by atoms with Gasteiger partial charge in [-0.15, -0.1) is 0 Å². The molecule has 0 radical (unpaired) electrons. The van der Waals surface area contributed by atoms with E-state index in [0.29, 0.717) is 31.6 Å². The predicted molar refractivity (Wildman–Crippen MR) is 86.4 cm³/mol. The Kier molecular flexibility index (Phi) is 4.89. The first kappa shape index (κ1) is 16.7. The maximum atomic E-state index is 14.3. The third kappa shape index (κ3) is 3.51. The van der Waals surface area contributed by atoms with Gasteiger partial charge in [-0.25, -0.2) is 12.8 Å². The summed E-state index contributed by atoms with van der Waals surface area (Å²) in [6.45, 7) is 2.62. The summed E-state index contributed by atoms with van der Waals surface area (Å²) < 4.78 is 45.2. The van der Waals surface area contributed by atoms with Gasteiger partial charge >= 0.3 is 0 Å². The smallest absolute Gasteiger partial charge is 0.214 e. The highest BCUT2D eigenvalue weighted by atomic mass is 32.2. The van der Waals surface area contributed by atoms with Crippen LogP contribution in [0.1, 0.15) is 24.8 Å². The van der Waals surface area contributed by atoms with E-state index >= 15 is 0 Å². The van der Waals surface area contributed by atoms with Gasteiger partial charge in [0.25, 0.3) is 0 Å². The quantitative estimate of drug-likeness (QED) is 0.838. The maximum absolute atomic E-state index is 14.3. The molecule has 23 heavy (non-hydrogen) atoms. The maximum Gasteiger partial charge on any atom is 0.214 e. The molecule has 1 atom stereocenters. The summed E-state index contributed by atoms with van der Waals surface area (Å²) in [7, 11) is -1.63. The molecular formula is C16H23FN2O3S. The minimum absolute atomic E-state index is 0.0184. The number of hydrogen-bond acceptors (Lipinski definition) is 4. The fourth-order valence-electron chi connectivity index (χ4n) is 3.56. The van der Waals surface area contributed by atoms with Crippen LogP contribution in [0.4, 0.5) is 4.39 Å². The van der Waals surface area contributed by atoms with Crippen molar-refractivity contribution in [1.82, 2.24) is 9.21 Å². The Hall–Kier alpha value is -1.18. The number of ether oxygens (including phenoxy) is 1. The van der Waals surface area contributed by atoms with E-state index in [-0.39, 0.29) is 23.4 Å². The number of sulfonamides is 1. The number of likely N-dealkylation sites (tertiary alicyclic amines) is 1. The number of nitrogens with zero attached hydrogens (tertiary/aromatic N) is 2. The summed E-state index contributed by atoms with van der Waals surface area (Å²) in [4.78, 5) is 2.14.